The minimum Gasteiger partial charge on any atom is -0.493 e. The monoisotopic (exact) mass is 762 g/mol. The molecule has 0 spiro atoms. The molecule has 0 radical (unpaired) electrons. The Labute approximate surface area is 322 Å². The van der Waals surface area contributed by atoms with Crippen molar-refractivity contribution in [3.05, 3.63) is 86.9 Å². The summed E-state index contributed by atoms with van der Waals surface area (Å²) in [6.45, 7) is 3.19. The second-order valence-electron chi connectivity index (χ2n) is 15.0. The molecular formula is C42H37Cl2FN6O3. The van der Waals surface area contributed by atoms with Crippen molar-refractivity contribution in [3.8, 4) is 34.8 Å². The van der Waals surface area contributed by atoms with Crippen molar-refractivity contribution in [2.75, 3.05) is 20.2 Å². The lowest BCUT2D eigenvalue weighted by Gasteiger charge is -2.39. The van der Waals surface area contributed by atoms with E-state index in [1.807, 2.05) is 17.9 Å². The molecular weight excluding hydrogens is 726 g/mol. The lowest BCUT2D eigenvalue weighted by Crippen LogP contribution is -2.41. The van der Waals surface area contributed by atoms with E-state index in [2.05, 4.69) is 28.1 Å². The number of carbonyl (C=O) groups is 1. The van der Waals surface area contributed by atoms with Gasteiger partial charge < -0.3 is 24.3 Å². The number of nitrogens with one attached hydrogen (secondary N) is 1. The van der Waals surface area contributed by atoms with E-state index in [1.165, 1.54) is 0 Å². The first-order valence-corrected chi connectivity index (χ1v) is 19.2. The summed E-state index contributed by atoms with van der Waals surface area (Å²) in [5.41, 5.74) is 4.65. The highest BCUT2D eigenvalue weighted by Crippen LogP contribution is 2.51. The number of nitriles is 2. The Kier molecular flexibility index (Phi) is 8.69. The molecule has 12 heteroatoms. The molecule has 10 rings (SSSR count). The predicted molar refractivity (Wildman–Crippen MR) is 204 cm³/mol. The zero-order valence-electron chi connectivity index (χ0n) is 29.8. The van der Waals surface area contributed by atoms with Crippen LogP contribution in [0.25, 0.3) is 32.9 Å². The van der Waals surface area contributed by atoms with Crippen LogP contribution in [0.15, 0.2) is 48.5 Å². The summed E-state index contributed by atoms with van der Waals surface area (Å²) in [6.07, 6.45) is 3.49. The number of halogens is 3. The van der Waals surface area contributed by atoms with Crippen molar-refractivity contribution in [3.63, 3.8) is 0 Å². The van der Waals surface area contributed by atoms with E-state index in [4.69, 9.17) is 37.7 Å². The number of pyridine rings is 1. The Morgan fingerprint density at radius 2 is 1.93 bits per heavy atom. The van der Waals surface area contributed by atoms with Gasteiger partial charge in [0.1, 0.15) is 11.6 Å². The van der Waals surface area contributed by atoms with Crippen LogP contribution in [-0.4, -0.2) is 52.7 Å². The predicted octanol–water partition coefficient (Wildman–Crippen LogP) is 8.61. The van der Waals surface area contributed by atoms with Gasteiger partial charge in [-0.25, -0.2) is 9.37 Å². The minimum absolute atomic E-state index is 0.00664. The fourth-order valence-corrected chi connectivity index (χ4v) is 9.48. The van der Waals surface area contributed by atoms with Crippen molar-refractivity contribution in [2.24, 2.45) is 11.8 Å². The molecule has 2 saturated carbocycles. The molecule has 5 atom stereocenters. The van der Waals surface area contributed by atoms with E-state index in [9.17, 15) is 15.3 Å². The highest BCUT2D eigenvalue weighted by molar-refractivity contribution is 6.43. The van der Waals surface area contributed by atoms with Gasteiger partial charge in [0, 0.05) is 70.7 Å². The molecule has 2 aliphatic carbocycles. The molecule has 5 heterocycles. The summed E-state index contributed by atoms with van der Waals surface area (Å²) in [6, 6.07) is 18.8. The number of rotatable bonds is 9. The maximum atomic E-state index is 17.2. The van der Waals surface area contributed by atoms with Crippen LogP contribution < -0.4 is 14.8 Å². The molecule has 1 amide bonds. The number of benzene rings is 3. The molecule has 5 aromatic rings. The van der Waals surface area contributed by atoms with E-state index < -0.39 is 5.82 Å². The topological polar surface area (TPSA) is 116 Å². The summed E-state index contributed by atoms with van der Waals surface area (Å²) in [5.74, 6) is 0.971. The fraction of sp³-hybridized carbons (Fsp3) is 0.381. The van der Waals surface area contributed by atoms with Gasteiger partial charge in [-0.2, -0.15) is 10.5 Å². The number of nitrogens with zero attached hydrogens (tertiary/aromatic N) is 5. The Morgan fingerprint density at radius 3 is 2.63 bits per heavy atom. The fourth-order valence-electron chi connectivity index (χ4n) is 9.08. The molecule has 1 N–H and O–H groups in total. The molecule has 0 unspecified atom stereocenters. The SMILES string of the molecule is COc1cc(C#N)ccc1O[C@H]1C[C@H](c2cc3c(C)nc4c(F)c(-c5cccc(Cl)c5Cl)c(CCC#N)cc4c3n2[C@H]2[C@H]3CN[C@@H]2C3)N(C(=O)C2CC2)C1. The molecule has 3 aliphatic heterocycles. The van der Waals surface area contributed by atoms with Gasteiger partial charge in [0.25, 0.3) is 0 Å². The normalized spacial score (nSPS) is 23.0. The summed E-state index contributed by atoms with van der Waals surface area (Å²) < 4.78 is 31.8. The minimum atomic E-state index is -0.505. The van der Waals surface area contributed by atoms with Crippen molar-refractivity contribution in [1.29, 1.82) is 10.5 Å². The molecule has 54 heavy (non-hydrogen) atoms. The third-order valence-corrected chi connectivity index (χ3v) is 12.7. The van der Waals surface area contributed by atoms with Crippen LogP contribution in [0.5, 0.6) is 11.5 Å². The zero-order chi connectivity index (χ0) is 37.4. The van der Waals surface area contributed by atoms with Crippen LogP contribution >= 0.6 is 23.2 Å². The largest absolute Gasteiger partial charge is 0.493 e. The highest BCUT2D eigenvalue weighted by atomic mass is 35.5. The molecule has 5 aliphatic rings. The van der Waals surface area contributed by atoms with Crippen LogP contribution in [0, 0.1) is 47.2 Å². The number of hydrogen-bond acceptors (Lipinski definition) is 7. The first kappa shape index (κ1) is 34.9. The Hall–Kier alpha value is -4.87. The van der Waals surface area contributed by atoms with Crippen molar-refractivity contribution < 1.29 is 18.7 Å². The summed E-state index contributed by atoms with van der Waals surface area (Å²) in [4.78, 5) is 21.0. The molecule has 2 aromatic heterocycles. The third-order valence-electron chi connectivity index (χ3n) is 11.8. The average Bonchev–Trinajstić information content (AvgIpc) is 3.45. The van der Waals surface area contributed by atoms with Crippen molar-refractivity contribution in [1.82, 2.24) is 19.8 Å². The van der Waals surface area contributed by atoms with Gasteiger partial charge in [0.05, 0.1) is 59.0 Å². The summed E-state index contributed by atoms with van der Waals surface area (Å²) >= 11 is 13.1. The van der Waals surface area contributed by atoms with Crippen LogP contribution in [0.2, 0.25) is 10.0 Å². The van der Waals surface area contributed by atoms with Crippen molar-refractivity contribution >= 4 is 50.9 Å². The van der Waals surface area contributed by atoms with Gasteiger partial charge in [-0.05, 0) is 74.4 Å². The summed E-state index contributed by atoms with van der Waals surface area (Å²) in [7, 11) is 1.55. The van der Waals surface area contributed by atoms with E-state index in [1.54, 1.807) is 43.5 Å². The quantitative estimate of drug-likeness (QED) is 0.160. The first-order valence-electron chi connectivity index (χ1n) is 18.5. The van der Waals surface area contributed by atoms with E-state index >= 15 is 4.39 Å². The number of aromatic nitrogens is 2. The molecule has 5 fully saturated rings. The van der Waals surface area contributed by atoms with Crippen molar-refractivity contribution in [2.45, 2.75) is 69.7 Å². The van der Waals surface area contributed by atoms with E-state index in [0.29, 0.717) is 75.2 Å². The number of aryl methyl sites for hydroxylation is 2. The Morgan fingerprint density at radius 1 is 1.09 bits per heavy atom. The highest BCUT2D eigenvalue weighted by Gasteiger charge is 2.51. The van der Waals surface area contributed by atoms with Gasteiger partial charge >= 0.3 is 0 Å². The van der Waals surface area contributed by atoms with Gasteiger partial charge in [-0.15, -0.1) is 0 Å². The molecule has 3 aromatic carbocycles. The second kappa shape index (κ2) is 13.5. The smallest absolute Gasteiger partial charge is 0.226 e. The summed E-state index contributed by atoms with van der Waals surface area (Å²) in [5, 5.41) is 24.9. The third kappa shape index (κ3) is 5.57. The standard InChI is InChI=1S/C42H37Cl2FN6O3/c1-21-28-17-33(32-16-26(20-50(32)42(52)23-9-10-23)54-34-11-8-22(18-47)13-35(34)53-2)51(40-25-15-31(40)48-19-25)41(28)29-14-24(5-4-12-46)36(38(45)39(29)49-21)27-6-3-7-30(43)37(27)44/h3,6-8,11,13-14,17,23,25-26,31-32,40,48H,4-5,9-10,15-16,19-20H2,1-2H3/t25-,26+,31-,32-,40+/m1/s1. The number of methoxy groups -OCH3 is 1. The Bertz CT molecular complexity index is 2450. The number of fused-ring (bicyclic) bond motifs is 4. The zero-order valence-corrected chi connectivity index (χ0v) is 31.3. The average molecular weight is 764 g/mol. The molecule has 274 valence electrons. The van der Waals surface area contributed by atoms with E-state index in [-0.39, 0.29) is 53.0 Å². The molecule has 2 bridgehead atoms. The molecule has 3 saturated heterocycles. The Balaban J connectivity index is 1.24. The second-order valence-corrected chi connectivity index (χ2v) is 15.8. The maximum absolute atomic E-state index is 17.2. The number of hydrogen-bond donors (Lipinski definition) is 1. The van der Waals surface area contributed by atoms with Gasteiger partial charge in [-0.3, -0.25) is 4.79 Å². The maximum Gasteiger partial charge on any atom is 0.226 e. The molecule has 9 nitrogen and oxygen atoms in total. The van der Waals surface area contributed by atoms with E-state index in [0.717, 1.165) is 42.4 Å². The van der Waals surface area contributed by atoms with Crippen LogP contribution in [0.1, 0.15) is 66.7 Å². The lowest BCUT2D eigenvalue weighted by atomic mass is 9.79. The number of carbonyl (C=O) groups excluding carboxylic acids is 1. The van der Waals surface area contributed by atoms with Crippen LogP contribution in [0.3, 0.4) is 0 Å². The number of likely N-dealkylation sites (tertiary alicyclic amines) is 1. The van der Waals surface area contributed by atoms with Gasteiger partial charge in [0.2, 0.25) is 5.91 Å². The van der Waals surface area contributed by atoms with Crippen LogP contribution in [-0.2, 0) is 11.2 Å². The lowest BCUT2D eigenvalue weighted by molar-refractivity contribution is -0.133. The van der Waals surface area contributed by atoms with Crippen LogP contribution in [0.4, 0.5) is 4.39 Å². The number of ether oxygens (including phenoxy) is 2. The number of amides is 1. The van der Waals surface area contributed by atoms with Gasteiger partial charge in [0.15, 0.2) is 17.3 Å². The van der Waals surface area contributed by atoms with Gasteiger partial charge in [-0.1, -0.05) is 35.3 Å². The first-order chi connectivity index (χ1) is 26.2.